The van der Waals surface area contributed by atoms with Crippen LogP contribution in [0.5, 0.6) is 0 Å². The summed E-state index contributed by atoms with van der Waals surface area (Å²) in [6, 6.07) is 4.62. The molecule has 1 heterocycles. The van der Waals surface area contributed by atoms with Gasteiger partial charge in [0, 0.05) is 11.8 Å². The van der Waals surface area contributed by atoms with Gasteiger partial charge in [-0.3, -0.25) is 16.3 Å². The van der Waals surface area contributed by atoms with E-state index in [1.807, 2.05) is 0 Å². The zero-order chi connectivity index (χ0) is 13.8. The molecular weight excluding hydrogens is 255 g/mol. The molecule has 1 aromatic carbocycles. The van der Waals surface area contributed by atoms with Gasteiger partial charge in [0.2, 0.25) is 0 Å². The first-order valence-electron chi connectivity index (χ1n) is 5.62. The van der Waals surface area contributed by atoms with Gasteiger partial charge in [0.05, 0.1) is 12.2 Å². The molecule has 0 aliphatic rings. The highest BCUT2D eigenvalue weighted by molar-refractivity contribution is 5.24. The van der Waals surface area contributed by atoms with Gasteiger partial charge in [-0.1, -0.05) is 12.1 Å². The minimum Gasteiger partial charge on any atom is -0.271 e. The number of nitrogens with two attached hydrogens (primary N) is 1. The van der Waals surface area contributed by atoms with Gasteiger partial charge >= 0.3 is 0 Å². The van der Waals surface area contributed by atoms with Crippen molar-refractivity contribution in [3.8, 4) is 0 Å². The van der Waals surface area contributed by atoms with Gasteiger partial charge in [0.15, 0.2) is 11.6 Å². The van der Waals surface area contributed by atoms with Crippen LogP contribution in [-0.4, -0.2) is 4.98 Å². The second kappa shape index (κ2) is 5.81. The average molecular weight is 267 g/mol. The number of hydrogen-bond acceptors (Lipinski definition) is 3. The molecule has 0 bridgehead atoms. The molecule has 0 saturated carbocycles. The van der Waals surface area contributed by atoms with E-state index in [1.165, 1.54) is 24.4 Å². The van der Waals surface area contributed by atoms with E-state index < -0.39 is 23.5 Å². The zero-order valence-corrected chi connectivity index (χ0v) is 9.91. The van der Waals surface area contributed by atoms with E-state index in [0.717, 1.165) is 12.3 Å². The van der Waals surface area contributed by atoms with Crippen molar-refractivity contribution in [3.63, 3.8) is 0 Å². The predicted molar refractivity (Wildman–Crippen MR) is 64.3 cm³/mol. The molecule has 100 valence electrons. The van der Waals surface area contributed by atoms with E-state index in [-0.39, 0.29) is 17.5 Å². The third-order valence-corrected chi connectivity index (χ3v) is 2.84. The number of rotatable bonds is 4. The molecule has 1 aromatic heterocycles. The first-order valence-corrected chi connectivity index (χ1v) is 5.62. The monoisotopic (exact) mass is 267 g/mol. The highest BCUT2D eigenvalue weighted by Gasteiger charge is 2.18. The van der Waals surface area contributed by atoms with E-state index in [0.29, 0.717) is 0 Å². The highest BCUT2D eigenvalue weighted by atomic mass is 19.2. The SMILES string of the molecule is NNC(Cc1cccc(F)c1F)c1ccncc1F. The highest BCUT2D eigenvalue weighted by Crippen LogP contribution is 2.22. The molecule has 2 rings (SSSR count). The van der Waals surface area contributed by atoms with Gasteiger partial charge in [0.25, 0.3) is 0 Å². The first kappa shape index (κ1) is 13.5. The van der Waals surface area contributed by atoms with Crippen molar-refractivity contribution < 1.29 is 13.2 Å². The molecule has 1 unspecified atom stereocenters. The molecule has 3 nitrogen and oxygen atoms in total. The molecule has 19 heavy (non-hydrogen) atoms. The number of hydrogen-bond donors (Lipinski definition) is 2. The van der Waals surface area contributed by atoms with Gasteiger partial charge in [-0.15, -0.1) is 0 Å². The lowest BCUT2D eigenvalue weighted by molar-refractivity contribution is 0.471. The van der Waals surface area contributed by atoms with Crippen LogP contribution in [-0.2, 0) is 6.42 Å². The van der Waals surface area contributed by atoms with Crippen LogP contribution in [0.3, 0.4) is 0 Å². The summed E-state index contributed by atoms with van der Waals surface area (Å²) in [4.78, 5) is 3.62. The third kappa shape index (κ3) is 2.91. The van der Waals surface area contributed by atoms with Crippen molar-refractivity contribution >= 4 is 0 Å². The number of nitrogens with zero attached hydrogens (tertiary/aromatic N) is 1. The Morgan fingerprint density at radius 1 is 1.16 bits per heavy atom. The van der Waals surface area contributed by atoms with E-state index in [9.17, 15) is 13.2 Å². The topological polar surface area (TPSA) is 50.9 Å². The van der Waals surface area contributed by atoms with E-state index >= 15 is 0 Å². The molecule has 6 heteroatoms. The Balaban J connectivity index is 2.30. The summed E-state index contributed by atoms with van der Waals surface area (Å²) in [5, 5.41) is 0. The number of aromatic nitrogens is 1. The van der Waals surface area contributed by atoms with Gasteiger partial charge in [-0.05, 0) is 24.1 Å². The van der Waals surface area contributed by atoms with Gasteiger partial charge in [-0.2, -0.15) is 0 Å². The quantitative estimate of drug-likeness (QED) is 0.660. The second-order valence-corrected chi connectivity index (χ2v) is 4.03. The molecule has 0 radical (unpaired) electrons. The van der Waals surface area contributed by atoms with Gasteiger partial charge in [-0.25, -0.2) is 13.2 Å². The summed E-state index contributed by atoms with van der Waals surface area (Å²) < 4.78 is 40.3. The van der Waals surface area contributed by atoms with E-state index in [1.54, 1.807) is 0 Å². The van der Waals surface area contributed by atoms with Crippen molar-refractivity contribution in [1.82, 2.24) is 10.4 Å². The summed E-state index contributed by atoms with van der Waals surface area (Å²) in [5.41, 5.74) is 2.77. The van der Waals surface area contributed by atoms with Crippen molar-refractivity contribution in [3.05, 3.63) is 65.2 Å². The Kier molecular flexibility index (Phi) is 4.13. The lowest BCUT2D eigenvalue weighted by Crippen LogP contribution is -2.30. The Morgan fingerprint density at radius 2 is 1.95 bits per heavy atom. The van der Waals surface area contributed by atoms with Crippen molar-refractivity contribution in [1.29, 1.82) is 0 Å². The Hall–Kier alpha value is -1.92. The van der Waals surface area contributed by atoms with Crippen LogP contribution in [0.15, 0.2) is 36.7 Å². The minimum absolute atomic E-state index is 0.0288. The van der Waals surface area contributed by atoms with Crippen LogP contribution in [0.2, 0.25) is 0 Å². The summed E-state index contributed by atoms with van der Waals surface area (Å²) in [7, 11) is 0. The number of pyridine rings is 1. The molecule has 1 atom stereocenters. The van der Waals surface area contributed by atoms with Crippen LogP contribution in [0.1, 0.15) is 17.2 Å². The Bertz CT molecular complexity index is 575. The van der Waals surface area contributed by atoms with Gasteiger partial charge < -0.3 is 0 Å². The molecule has 0 amide bonds. The van der Waals surface area contributed by atoms with Crippen molar-refractivity contribution in [2.45, 2.75) is 12.5 Å². The van der Waals surface area contributed by atoms with Gasteiger partial charge in [0.1, 0.15) is 5.82 Å². The van der Waals surface area contributed by atoms with Crippen molar-refractivity contribution in [2.24, 2.45) is 5.84 Å². The Morgan fingerprint density at radius 3 is 2.63 bits per heavy atom. The summed E-state index contributed by atoms with van der Waals surface area (Å²) in [5.74, 6) is 2.91. The fourth-order valence-corrected chi connectivity index (χ4v) is 1.85. The smallest absolute Gasteiger partial charge is 0.162 e. The lowest BCUT2D eigenvalue weighted by Gasteiger charge is -2.17. The molecule has 0 aliphatic heterocycles. The minimum atomic E-state index is -0.947. The van der Waals surface area contributed by atoms with Crippen LogP contribution in [0.4, 0.5) is 13.2 Å². The molecule has 0 fully saturated rings. The van der Waals surface area contributed by atoms with Crippen LogP contribution < -0.4 is 11.3 Å². The summed E-state index contributed by atoms with van der Waals surface area (Å²) in [6.07, 6.45) is 2.48. The average Bonchev–Trinajstić information content (AvgIpc) is 2.41. The Labute approximate surface area is 108 Å². The van der Waals surface area contributed by atoms with E-state index in [4.69, 9.17) is 5.84 Å². The first-order chi connectivity index (χ1) is 9.13. The zero-order valence-electron chi connectivity index (χ0n) is 9.91. The maximum absolute atomic E-state index is 13.6. The second-order valence-electron chi connectivity index (χ2n) is 4.03. The molecule has 2 aromatic rings. The van der Waals surface area contributed by atoms with Crippen LogP contribution in [0, 0.1) is 17.5 Å². The predicted octanol–water partition coefficient (Wildman–Crippen LogP) is 2.25. The summed E-state index contributed by atoms with van der Waals surface area (Å²) >= 11 is 0. The maximum Gasteiger partial charge on any atom is 0.162 e. The largest absolute Gasteiger partial charge is 0.271 e. The number of nitrogens with one attached hydrogen (secondary N) is 1. The molecule has 0 spiro atoms. The normalized spacial score (nSPS) is 12.4. The molecule has 0 aliphatic carbocycles. The summed E-state index contributed by atoms with van der Waals surface area (Å²) in [6.45, 7) is 0. The fraction of sp³-hybridized carbons (Fsp3) is 0.154. The van der Waals surface area contributed by atoms with Crippen molar-refractivity contribution in [2.75, 3.05) is 0 Å². The molecule has 3 N–H and O–H groups in total. The van der Waals surface area contributed by atoms with Crippen LogP contribution >= 0.6 is 0 Å². The number of halogens is 3. The lowest BCUT2D eigenvalue weighted by atomic mass is 9.99. The fourth-order valence-electron chi connectivity index (χ4n) is 1.85. The molecule has 0 saturated heterocycles. The maximum atomic E-state index is 13.6. The standard InChI is InChI=1S/C13H12F3N3/c14-10-3-1-2-8(13(10)16)6-12(19-17)9-4-5-18-7-11(9)15/h1-5,7,12,19H,6,17H2. The number of benzene rings is 1. The molecular formula is C13H12F3N3. The van der Waals surface area contributed by atoms with Crippen LogP contribution in [0.25, 0.3) is 0 Å². The van der Waals surface area contributed by atoms with E-state index in [2.05, 4.69) is 10.4 Å². The number of hydrazine groups is 1. The third-order valence-electron chi connectivity index (χ3n) is 2.84.